The van der Waals surface area contributed by atoms with Crippen molar-refractivity contribution in [1.29, 1.82) is 0 Å². The summed E-state index contributed by atoms with van der Waals surface area (Å²) in [4.78, 5) is 30.8. The van der Waals surface area contributed by atoms with Gasteiger partial charge in [0.25, 0.3) is 0 Å². The molecule has 6 heteroatoms. The van der Waals surface area contributed by atoms with Gasteiger partial charge in [-0.3, -0.25) is 14.6 Å². The first-order chi connectivity index (χ1) is 13.0. The van der Waals surface area contributed by atoms with Gasteiger partial charge in [-0.15, -0.1) is 0 Å². The van der Waals surface area contributed by atoms with Gasteiger partial charge in [-0.2, -0.15) is 0 Å². The normalized spacial score (nSPS) is 11.5. The number of nitrogens with one attached hydrogen (secondary N) is 1. The topological polar surface area (TPSA) is 71.5 Å². The van der Waals surface area contributed by atoms with Crippen molar-refractivity contribution >= 4 is 11.8 Å². The van der Waals surface area contributed by atoms with Crippen LogP contribution in [0.3, 0.4) is 0 Å². The lowest BCUT2D eigenvalue weighted by molar-refractivity contribution is -0.140. The summed E-state index contributed by atoms with van der Waals surface area (Å²) in [5, 5.41) is 2.90. The van der Waals surface area contributed by atoms with Crippen molar-refractivity contribution in [2.24, 2.45) is 0 Å². The molecule has 0 bridgehead atoms. The lowest BCUT2D eigenvalue weighted by Crippen LogP contribution is -2.47. The molecule has 0 spiro atoms. The molecule has 0 unspecified atom stereocenters. The van der Waals surface area contributed by atoms with E-state index in [-0.39, 0.29) is 11.8 Å². The molecular weight excluding hydrogens is 342 g/mol. The number of methoxy groups -OCH3 is 1. The molecule has 1 atom stereocenters. The average Bonchev–Trinajstić information content (AvgIpc) is 2.71. The molecule has 27 heavy (non-hydrogen) atoms. The van der Waals surface area contributed by atoms with Crippen LogP contribution in [0.2, 0.25) is 0 Å². The number of rotatable bonds is 9. The van der Waals surface area contributed by atoms with Gasteiger partial charge in [-0.05, 0) is 48.7 Å². The van der Waals surface area contributed by atoms with Gasteiger partial charge < -0.3 is 15.0 Å². The van der Waals surface area contributed by atoms with Gasteiger partial charge in [0, 0.05) is 31.9 Å². The Balaban J connectivity index is 2.06. The average molecular weight is 369 g/mol. The highest BCUT2D eigenvalue weighted by Crippen LogP contribution is 2.16. The van der Waals surface area contributed by atoms with Crippen LogP contribution in [-0.4, -0.2) is 34.8 Å². The molecule has 0 aliphatic carbocycles. The Morgan fingerprint density at radius 2 is 1.78 bits per heavy atom. The highest BCUT2D eigenvalue weighted by Gasteiger charge is 2.25. The molecule has 1 N–H and O–H groups in total. The van der Waals surface area contributed by atoms with Crippen molar-refractivity contribution < 1.29 is 14.3 Å². The largest absolute Gasteiger partial charge is 0.497 e. The number of carbonyl (C=O) groups is 2. The van der Waals surface area contributed by atoms with E-state index in [2.05, 4.69) is 10.3 Å². The minimum atomic E-state index is -0.562. The van der Waals surface area contributed by atoms with E-state index in [9.17, 15) is 9.59 Å². The minimum absolute atomic E-state index is 0.0279. The first-order valence-electron chi connectivity index (χ1n) is 9.14. The molecule has 0 fully saturated rings. The number of carbonyl (C=O) groups excluding carboxylic acids is 2. The highest BCUT2D eigenvalue weighted by molar-refractivity contribution is 5.87. The van der Waals surface area contributed by atoms with Gasteiger partial charge in [-0.25, -0.2) is 0 Å². The summed E-state index contributed by atoms with van der Waals surface area (Å²) in [6.45, 7) is 4.51. The standard InChI is InChI=1S/C21H27N3O3/c1-4-5-20(25)24(15-18-6-8-19(27-3)9-7-18)16(2)21(26)23-14-17-10-12-22-13-11-17/h6-13,16H,4-5,14-15H2,1-3H3,(H,23,26)/t16-/m0/s1. The third-order valence-corrected chi connectivity index (χ3v) is 4.36. The smallest absolute Gasteiger partial charge is 0.242 e. The number of hydrogen-bond acceptors (Lipinski definition) is 4. The predicted octanol–water partition coefficient (Wildman–Crippen LogP) is 2.92. The Labute approximate surface area is 160 Å². The first kappa shape index (κ1) is 20.4. The van der Waals surface area contributed by atoms with Crippen molar-refractivity contribution in [1.82, 2.24) is 15.2 Å². The number of pyridine rings is 1. The SMILES string of the molecule is CCCC(=O)N(Cc1ccc(OC)cc1)[C@@H](C)C(=O)NCc1ccncc1. The molecule has 1 aromatic carbocycles. The van der Waals surface area contributed by atoms with Crippen LogP contribution in [0.4, 0.5) is 0 Å². The van der Waals surface area contributed by atoms with E-state index in [0.717, 1.165) is 23.3 Å². The lowest BCUT2D eigenvalue weighted by atomic mass is 10.1. The summed E-state index contributed by atoms with van der Waals surface area (Å²) in [5.41, 5.74) is 1.92. The summed E-state index contributed by atoms with van der Waals surface area (Å²) in [5.74, 6) is 0.554. The summed E-state index contributed by atoms with van der Waals surface area (Å²) < 4.78 is 5.17. The zero-order chi connectivity index (χ0) is 19.6. The molecule has 2 rings (SSSR count). The maximum atomic E-state index is 12.6. The Hall–Kier alpha value is -2.89. The second-order valence-electron chi connectivity index (χ2n) is 6.37. The van der Waals surface area contributed by atoms with Crippen LogP contribution in [0.1, 0.15) is 37.8 Å². The molecule has 1 aromatic heterocycles. The van der Waals surface area contributed by atoms with E-state index in [1.54, 1.807) is 31.3 Å². The summed E-state index contributed by atoms with van der Waals surface area (Å²) >= 11 is 0. The molecule has 0 radical (unpaired) electrons. The van der Waals surface area contributed by atoms with Crippen molar-refractivity contribution in [2.75, 3.05) is 7.11 Å². The summed E-state index contributed by atoms with van der Waals surface area (Å²) in [6, 6.07) is 10.7. The quantitative estimate of drug-likeness (QED) is 0.738. The number of nitrogens with zero attached hydrogens (tertiary/aromatic N) is 2. The van der Waals surface area contributed by atoms with Crippen molar-refractivity contribution in [3.05, 3.63) is 59.9 Å². The molecule has 0 aliphatic heterocycles. The van der Waals surface area contributed by atoms with Gasteiger partial charge >= 0.3 is 0 Å². The highest BCUT2D eigenvalue weighted by atomic mass is 16.5. The van der Waals surface area contributed by atoms with Crippen LogP contribution >= 0.6 is 0 Å². The third kappa shape index (κ3) is 6.09. The van der Waals surface area contributed by atoms with Crippen molar-refractivity contribution in [2.45, 2.75) is 45.8 Å². The van der Waals surface area contributed by atoms with Crippen LogP contribution in [-0.2, 0) is 22.7 Å². The molecule has 0 saturated carbocycles. The Kier molecular flexibility index (Phi) is 7.79. The number of ether oxygens (including phenoxy) is 1. The van der Waals surface area contributed by atoms with Crippen LogP contribution in [0.5, 0.6) is 5.75 Å². The van der Waals surface area contributed by atoms with Crippen LogP contribution in [0.25, 0.3) is 0 Å². The maximum Gasteiger partial charge on any atom is 0.242 e. The van der Waals surface area contributed by atoms with E-state index in [1.807, 2.05) is 43.3 Å². The molecule has 6 nitrogen and oxygen atoms in total. The molecule has 0 aliphatic rings. The Bertz CT molecular complexity index is 732. The fourth-order valence-electron chi connectivity index (χ4n) is 2.71. The van der Waals surface area contributed by atoms with E-state index in [1.165, 1.54) is 0 Å². The van der Waals surface area contributed by atoms with E-state index in [4.69, 9.17) is 4.74 Å². The number of amides is 2. The fraction of sp³-hybridized carbons (Fsp3) is 0.381. The van der Waals surface area contributed by atoms with E-state index >= 15 is 0 Å². The van der Waals surface area contributed by atoms with Crippen molar-refractivity contribution in [3.63, 3.8) is 0 Å². The van der Waals surface area contributed by atoms with Gasteiger partial charge in [0.15, 0.2) is 0 Å². The molecule has 1 heterocycles. The zero-order valence-electron chi connectivity index (χ0n) is 16.1. The predicted molar refractivity (Wildman–Crippen MR) is 104 cm³/mol. The van der Waals surface area contributed by atoms with Gasteiger partial charge in [0.05, 0.1) is 7.11 Å². The van der Waals surface area contributed by atoms with Crippen LogP contribution in [0, 0.1) is 0 Å². The monoisotopic (exact) mass is 369 g/mol. The fourth-order valence-corrected chi connectivity index (χ4v) is 2.71. The number of aromatic nitrogens is 1. The first-order valence-corrected chi connectivity index (χ1v) is 9.14. The minimum Gasteiger partial charge on any atom is -0.497 e. The number of benzene rings is 1. The molecule has 144 valence electrons. The number of hydrogen-bond donors (Lipinski definition) is 1. The molecule has 0 saturated heterocycles. The van der Waals surface area contributed by atoms with E-state index in [0.29, 0.717) is 19.5 Å². The third-order valence-electron chi connectivity index (χ3n) is 4.36. The van der Waals surface area contributed by atoms with Gasteiger partial charge in [0.2, 0.25) is 11.8 Å². The van der Waals surface area contributed by atoms with Crippen LogP contribution in [0.15, 0.2) is 48.8 Å². The van der Waals surface area contributed by atoms with Crippen molar-refractivity contribution in [3.8, 4) is 5.75 Å². The molecule has 2 aromatic rings. The zero-order valence-corrected chi connectivity index (χ0v) is 16.1. The second-order valence-corrected chi connectivity index (χ2v) is 6.37. The Morgan fingerprint density at radius 1 is 1.11 bits per heavy atom. The summed E-state index contributed by atoms with van der Waals surface area (Å²) in [7, 11) is 1.61. The van der Waals surface area contributed by atoms with E-state index < -0.39 is 6.04 Å². The Morgan fingerprint density at radius 3 is 2.37 bits per heavy atom. The molecule has 2 amide bonds. The maximum absolute atomic E-state index is 12.6. The van der Waals surface area contributed by atoms with Gasteiger partial charge in [-0.1, -0.05) is 19.1 Å². The molecular formula is C21H27N3O3. The van der Waals surface area contributed by atoms with Gasteiger partial charge in [0.1, 0.15) is 11.8 Å². The lowest BCUT2D eigenvalue weighted by Gasteiger charge is -2.29. The summed E-state index contributed by atoms with van der Waals surface area (Å²) in [6.07, 6.45) is 4.53. The second kappa shape index (κ2) is 10.3. The van der Waals surface area contributed by atoms with Crippen LogP contribution < -0.4 is 10.1 Å².